The molecule has 0 unspecified atom stereocenters. The molecule has 0 atom stereocenters. The summed E-state index contributed by atoms with van der Waals surface area (Å²) in [5.41, 5.74) is 1.04. The summed E-state index contributed by atoms with van der Waals surface area (Å²) in [7, 11) is 0. The molecule has 0 aromatic heterocycles. The van der Waals surface area contributed by atoms with Crippen molar-refractivity contribution in [1.82, 2.24) is 4.90 Å². The molecule has 1 aliphatic rings. The number of halogens is 1. The van der Waals surface area contributed by atoms with E-state index in [0.717, 1.165) is 0 Å². The summed E-state index contributed by atoms with van der Waals surface area (Å²) < 4.78 is 0.407. The van der Waals surface area contributed by atoms with E-state index in [-0.39, 0.29) is 11.8 Å². The Morgan fingerprint density at radius 3 is 1.92 bits per heavy atom. The number of hydrogen-bond donors (Lipinski definition) is 0. The standard InChI is InChI=1S/C9H6INO2/c10-5-11-8(12)6-3-1-2-4-7(6)9(11)13/h1-4H,5H2. The average Bonchev–Trinajstić information content (AvgIpc) is 2.41. The third kappa shape index (κ3) is 1.16. The van der Waals surface area contributed by atoms with Crippen LogP contribution in [0.5, 0.6) is 0 Å². The van der Waals surface area contributed by atoms with Crippen LogP contribution in [0, 0.1) is 0 Å². The van der Waals surface area contributed by atoms with Gasteiger partial charge in [-0.15, -0.1) is 0 Å². The number of amides is 2. The van der Waals surface area contributed by atoms with Crippen molar-refractivity contribution < 1.29 is 9.59 Å². The second-order valence-electron chi connectivity index (χ2n) is 2.70. The van der Waals surface area contributed by atoms with Gasteiger partial charge in [0.15, 0.2) is 0 Å². The normalized spacial score (nSPS) is 15.0. The molecule has 0 radical (unpaired) electrons. The van der Waals surface area contributed by atoms with Gasteiger partial charge in [0.1, 0.15) is 0 Å². The molecule has 0 fully saturated rings. The summed E-state index contributed by atoms with van der Waals surface area (Å²) >= 11 is 2.00. The van der Waals surface area contributed by atoms with Crippen LogP contribution >= 0.6 is 22.6 Å². The van der Waals surface area contributed by atoms with Gasteiger partial charge in [0, 0.05) is 0 Å². The fraction of sp³-hybridized carbons (Fsp3) is 0.111. The first kappa shape index (κ1) is 8.68. The second-order valence-corrected chi connectivity index (χ2v) is 3.39. The smallest absolute Gasteiger partial charge is 0.262 e. The van der Waals surface area contributed by atoms with Crippen LogP contribution in [0.15, 0.2) is 24.3 Å². The minimum atomic E-state index is -0.185. The summed E-state index contributed by atoms with van der Waals surface area (Å²) in [6.07, 6.45) is 0. The van der Waals surface area contributed by atoms with Crippen molar-refractivity contribution >= 4 is 34.4 Å². The molecule has 1 aliphatic heterocycles. The highest BCUT2D eigenvalue weighted by Crippen LogP contribution is 2.22. The van der Waals surface area contributed by atoms with E-state index in [2.05, 4.69) is 0 Å². The molecule has 0 saturated heterocycles. The first-order valence-electron chi connectivity index (χ1n) is 3.77. The Balaban J connectivity index is 2.57. The summed E-state index contributed by atoms with van der Waals surface area (Å²) in [6, 6.07) is 6.89. The van der Waals surface area contributed by atoms with E-state index in [0.29, 0.717) is 15.7 Å². The van der Waals surface area contributed by atoms with Crippen molar-refractivity contribution in [3.05, 3.63) is 35.4 Å². The van der Waals surface area contributed by atoms with Crippen LogP contribution in [-0.4, -0.2) is 21.3 Å². The predicted octanol–water partition coefficient (Wildman–Crippen LogP) is 1.68. The molecule has 13 heavy (non-hydrogen) atoms. The highest BCUT2D eigenvalue weighted by molar-refractivity contribution is 14.1. The highest BCUT2D eigenvalue weighted by Gasteiger charge is 2.33. The predicted molar refractivity (Wildman–Crippen MR) is 55.8 cm³/mol. The van der Waals surface area contributed by atoms with Crippen molar-refractivity contribution in [3.63, 3.8) is 0 Å². The number of alkyl halides is 1. The number of fused-ring (bicyclic) bond motifs is 1. The molecule has 2 rings (SSSR count). The molecule has 0 N–H and O–H groups in total. The number of hydrogen-bond acceptors (Lipinski definition) is 2. The van der Waals surface area contributed by atoms with Crippen LogP contribution in [0.3, 0.4) is 0 Å². The molecule has 3 nitrogen and oxygen atoms in total. The number of carbonyl (C=O) groups excluding carboxylic acids is 2. The Hall–Kier alpha value is -0.910. The van der Waals surface area contributed by atoms with Gasteiger partial charge in [-0.25, -0.2) is 0 Å². The molecule has 1 aromatic carbocycles. The number of benzene rings is 1. The van der Waals surface area contributed by atoms with Gasteiger partial charge in [-0.1, -0.05) is 34.7 Å². The lowest BCUT2D eigenvalue weighted by Gasteiger charge is -2.07. The maximum absolute atomic E-state index is 11.5. The van der Waals surface area contributed by atoms with E-state index in [9.17, 15) is 9.59 Å². The fourth-order valence-electron chi connectivity index (χ4n) is 1.35. The maximum atomic E-state index is 11.5. The van der Waals surface area contributed by atoms with E-state index in [4.69, 9.17) is 0 Å². The Kier molecular flexibility index (Phi) is 2.07. The third-order valence-corrected chi connectivity index (χ3v) is 2.68. The maximum Gasteiger partial charge on any atom is 0.262 e. The van der Waals surface area contributed by atoms with Crippen molar-refractivity contribution in [3.8, 4) is 0 Å². The third-order valence-electron chi connectivity index (χ3n) is 2.00. The summed E-state index contributed by atoms with van der Waals surface area (Å²) in [6.45, 7) is 0. The molecule has 0 bridgehead atoms. The minimum Gasteiger partial charge on any atom is -0.269 e. The quantitative estimate of drug-likeness (QED) is 0.341. The molecular formula is C9H6INO2. The molecule has 0 aliphatic carbocycles. The van der Waals surface area contributed by atoms with Gasteiger partial charge in [0.05, 0.1) is 15.7 Å². The monoisotopic (exact) mass is 287 g/mol. The van der Waals surface area contributed by atoms with Gasteiger partial charge in [0.2, 0.25) is 0 Å². The van der Waals surface area contributed by atoms with Gasteiger partial charge < -0.3 is 0 Å². The zero-order chi connectivity index (χ0) is 9.42. The topological polar surface area (TPSA) is 37.4 Å². The number of carbonyl (C=O) groups is 2. The van der Waals surface area contributed by atoms with Crippen molar-refractivity contribution in [2.45, 2.75) is 0 Å². The number of rotatable bonds is 1. The number of imide groups is 1. The van der Waals surface area contributed by atoms with Crippen LogP contribution < -0.4 is 0 Å². The first-order valence-corrected chi connectivity index (χ1v) is 5.29. The molecule has 66 valence electrons. The Morgan fingerprint density at radius 2 is 1.54 bits per heavy atom. The van der Waals surface area contributed by atoms with Gasteiger partial charge in [0.25, 0.3) is 11.8 Å². The van der Waals surface area contributed by atoms with Gasteiger partial charge >= 0.3 is 0 Å². The van der Waals surface area contributed by atoms with Crippen LogP contribution in [0.1, 0.15) is 20.7 Å². The molecule has 2 amide bonds. The minimum absolute atomic E-state index is 0.185. The highest BCUT2D eigenvalue weighted by atomic mass is 127. The molecule has 0 spiro atoms. The van der Waals surface area contributed by atoms with Gasteiger partial charge in [-0.2, -0.15) is 0 Å². The van der Waals surface area contributed by atoms with E-state index in [1.807, 2.05) is 22.6 Å². The molecule has 1 heterocycles. The lowest BCUT2D eigenvalue weighted by atomic mass is 10.1. The summed E-state index contributed by atoms with van der Waals surface area (Å²) in [4.78, 5) is 24.3. The molecule has 0 saturated carbocycles. The largest absolute Gasteiger partial charge is 0.269 e. The lowest BCUT2D eigenvalue weighted by Crippen LogP contribution is -2.27. The summed E-state index contributed by atoms with van der Waals surface area (Å²) in [5, 5.41) is 0. The number of nitrogens with zero attached hydrogens (tertiary/aromatic N) is 1. The second kappa shape index (κ2) is 3.10. The lowest BCUT2D eigenvalue weighted by molar-refractivity contribution is 0.0689. The van der Waals surface area contributed by atoms with Crippen molar-refractivity contribution in [2.75, 3.05) is 4.55 Å². The molecule has 4 heteroatoms. The van der Waals surface area contributed by atoms with E-state index in [1.165, 1.54) is 4.90 Å². The Morgan fingerprint density at radius 1 is 1.08 bits per heavy atom. The summed E-state index contributed by atoms with van der Waals surface area (Å²) in [5.74, 6) is -0.370. The molecule has 1 aromatic rings. The van der Waals surface area contributed by atoms with Crippen LogP contribution in [0.4, 0.5) is 0 Å². The van der Waals surface area contributed by atoms with Gasteiger partial charge in [-0.05, 0) is 12.1 Å². The fourth-order valence-corrected chi connectivity index (χ4v) is 1.97. The van der Waals surface area contributed by atoms with Crippen molar-refractivity contribution in [2.24, 2.45) is 0 Å². The Labute approximate surface area is 88.9 Å². The molecular weight excluding hydrogens is 281 g/mol. The van der Waals surface area contributed by atoms with E-state index >= 15 is 0 Å². The van der Waals surface area contributed by atoms with Crippen LogP contribution in [0.2, 0.25) is 0 Å². The SMILES string of the molecule is O=C1c2ccccc2C(=O)N1CI. The van der Waals surface area contributed by atoms with E-state index < -0.39 is 0 Å². The van der Waals surface area contributed by atoms with Crippen LogP contribution in [0.25, 0.3) is 0 Å². The average molecular weight is 287 g/mol. The first-order chi connectivity index (χ1) is 6.25. The van der Waals surface area contributed by atoms with E-state index in [1.54, 1.807) is 24.3 Å². The van der Waals surface area contributed by atoms with Gasteiger partial charge in [-0.3, -0.25) is 14.5 Å². The zero-order valence-electron chi connectivity index (χ0n) is 6.66. The van der Waals surface area contributed by atoms with Crippen molar-refractivity contribution in [1.29, 1.82) is 0 Å². The zero-order valence-corrected chi connectivity index (χ0v) is 8.82. The van der Waals surface area contributed by atoms with Crippen LogP contribution in [-0.2, 0) is 0 Å². The Bertz CT molecular complexity index is 354.